The van der Waals surface area contributed by atoms with E-state index in [0.29, 0.717) is 6.61 Å². The van der Waals surface area contributed by atoms with Crippen LogP contribution in [0.25, 0.3) is 16.7 Å². The molecule has 1 aliphatic rings. The summed E-state index contributed by atoms with van der Waals surface area (Å²) < 4.78 is 5.91. The van der Waals surface area contributed by atoms with Crippen LogP contribution in [-0.4, -0.2) is 0 Å². The van der Waals surface area contributed by atoms with Gasteiger partial charge in [-0.15, -0.1) is 0 Å². The first-order valence-electron chi connectivity index (χ1n) is 11.4. The van der Waals surface area contributed by atoms with Gasteiger partial charge >= 0.3 is 0 Å². The second-order valence-corrected chi connectivity index (χ2v) is 8.39. The third-order valence-corrected chi connectivity index (χ3v) is 6.18. The molecule has 0 fully saturated rings. The smallest absolute Gasteiger partial charge is 0.119 e. The predicted molar refractivity (Wildman–Crippen MR) is 127 cm³/mol. The van der Waals surface area contributed by atoms with Gasteiger partial charge in [0.2, 0.25) is 0 Å². The van der Waals surface area contributed by atoms with Crippen LogP contribution in [0.1, 0.15) is 56.6 Å². The van der Waals surface area contributed by atoms with Crippen molar-refractivity contribution in [3.8, 4) is 16.9 Å². The largest absolute Gasteiger partial charge is 0.489 e. The first-order chi connectivity index (χ1) is 14.8. The molecule has 3 aromatic carbocycles. The molecule has 0 amide bonds. The third-order valence-electron chi connectivity index (χ3n) is 6.18. The SMILES string of the molecule is CCCCC1CC=C(c2ccc(-c3ccc(OCc4ccccc4)cc3)cc2)CC1. The molecule has 0 bridgehead atoms. The van der Waals surface area contributed by atoms with Gasteiger partial charge in [-0.05, 0) is 65.1 Å². The van der Waals surface area contributed by atoms with Gasteiger partial charge in [-0.3, -0.25) is 0 Å². The molecule has 0 saturated carbocycles. The lowest BCUT2D eigenvalue weighted by Crippen LogP contribution is -2.05. The van der Waals surface area contributed by atoms with Crippen molar-refractivity contribution in [2.45, 2.75) is 52.1 Å². The van der Waals surface area contributed by atoms with Crippen molar-refractivity contribution in [2.24, 2.45) is 5.92 Å². The highest BCUT2D eigenvalue weighted by molar-refractivity contribution is 5.71. The number of benzene rings is 3. The Bertz CT molecular complexity index is 936. The number of hydrogen-bond acceptors (Lipinski definition) is 1. The second kappa shape index (κ2) is 10.3. The molecule has 1 nitrogen and oxygen atoms in total. The standard InChI is InChI=1S/C29H32O/c1-2-3-7-23-10-12-25(13-11-23)26-14-16-27(17-15-26)28-18-20-29(21-19-28)30-22-24-8-5-4-6-9-24/h4-6,8-9,12,14-21,23H,2-3,7,10-11,13,22H2,1H3. The van der Waals surface area contributed by atoms with Crippen molar-refractivity contribution in [3.63, 3.8) is 0 Å². The molecule has 0 spiro atoms. The second-order valence-electron chi connectivity index (χ2n) is 8.39. The molecule has 1 unspecified atom stereocenters. The van der Waals surface area contributed by atoms with Crippen LogP contribution in [0.3, 0.4) is 0 Å². The van der Waals surface area contributed by atoms with Crippen molar-refractivity contribution in [3.05, 3.63) is 96.1 Å². The van der Waals surface area contributed by atoms with Crippen molar-refractivity contribution in [1.82, 2.24) is 0 Å². The molecule has 0 saturated heterocycles. The fraction of sp³-hybridized carbons (Fsp3) is 0.310. The average molecular weight is 397 g/mol. The van der Waals surface area contributed by atoms with E-state index >= 15 is 0 Å². The van der Waals surface area contributed by atoms with Gasteiger partial charge in [-0.1, -0.05) is 99.0 Å². The molecular formula is C29H32O. The van der Waals surface area contributed by atoms with Gasteiger partial charge in [0.15, 0.2) is 0 Å². The van der Waals surface area contributed by atoms with Crippen molar-refractivity contribution in [2.75, 3.05) is 0 Å². The van der Waals surface area contributed by atoms with Crippen LogP contribution in [-0.2, 0) is 6.61 Å². The Labute approximate surface area is 181 Å². The van der Waals surface area contributed by atoms with Crippen molar-refractivity contribution < 1.29 is 4.74 Å². The lowest BCUT2D eigenvalue weighted by Gasteiger charge is -2.22. The van der Waals surface area contributed by atoms with Gasteiger partial charge in [0.05, 0.1) is 0 Å². The molecule has 0 heterocycles. The lowest BCUT2D eigenvalue weighted by molar-refractivity contribution is 0.306. The van der Waals surface area contributed by atoms with E-state index in [4.69, 9.17) is 4.74 Å². The van der Waals surface area contributed by atoms with E-state index in [1.54, 1.807) is 0 Å². The zero-order valence-corrected chi connectivity index (χ0v) is 18.0. The lowest BCUT2D eigenvalue weighted by atomic mass is 9.84. The summed E-state index contributed by atoms with van der Waals surface area (Å²) in [4.78, 5) is 0. The Balaban J connectivity index is 1.35. The van der Waals surface area contributed by atoms with Gasteiger partial charge in [-0.25, -0.2) is 0 Å². The van der Waals surface area contributed by atoms with Crippen LogP contribution < -0.4 is 4.74 Å². The Morgan fingerprint density at radius 1 is 0.800 bits per heavy atom. The molecule has 4 rings (SSSR count). The molecule has 1 atom stereocenters. The first-order valence-corrected chi connectivity index (χ1v) is 11.4. The van der Waals surface area contributed by atoms with Crippen LogP contribution in [0.2, 0.25) is 0 Å². The fourth-order valence-electron chi connectivity index (χ4n) is 4.27. The Morgan fingerprint density at radius 3 is 2.10 bits per heavy atom. The van der Waals surface area contributed by atoms with Crippen LogP contribution >= 0.6 is 0 Å². The fourth-order valence-corrected chi connectivity index (χ4v) is 4.27. The topological polar surface area (TPSA) is 9.23 Å². The minimum absolute atomic E-state index is 0.600. The summed E-state index contributed by atoms with van der Waals surface area (Å²) in [5.41, 5.74) is 6.58. The predicted octanol–water partition coefficient (Wildman–Crippen LogP) is 8.31. The monoisotopic (exact) mass is 396 g/mol. The Hall–Kier alpha value is -2.80. The number of ether oxygens (including phenoxy) is 1. The van der Waals surface area contributed by atoms with E-state index in [1.807, 2.05) is 18.2 Å². The molecule has 30 heavy (non-hydrogen) atoms. The zero-order valence-electron chi connectivity index (χ0n) is 18.0. The molecule has 0 radical (unpaired) electrons. The molecule has 154 valence electrons. The first kappa shape index (κ1) is 20.5. The summed E-state index contributed by atoms with van der Waals surface area (Å²) in [7, 11) is 0. The molecule has 3 aromatic rings. The van der Waals surface area contributed by atoms with E-state index in [-0.39, 0.29) is 0 Å². The maximum Gasteiger partial charge on any atom is 0.119 e. The third kappa shape index (κ3) is 5.42. The van der Waals surface area contributed by atoms with Gasteiger partial charge in [0.1, 0.15) is 12.4 Å². The van der Waals surface area contributed by atoms with Crippen LogP contribution in [0.15, 0.2) is 84.9 Å². The Morgan fingerprint density at radius 2 is 1.47 bits per heavy atom. The zero-order chi connectivity index (χ0) is 20.6. The molecular weight excluding hydrogens is 364 g/mol. The summed E-state index contributed by atoms with van der Waals surface area (Å²) in [5, 5.41) is 0. The van der Waals surface area contributed by atoms with Gasteiger partial charge < -0.3 is 4.74 Å². The van der Waals surface area contributed by atoms with E-state index in [0.717, 1.165) is 11.7 Å². The van der Waals surface area contributed by atoms with Crippen LogP contribution in [0, 0.1) is 5.92 Å². The van der Waals surface area contributed by atoms with E-state index in [1.165, 1.54) is 66.4 Å². The molecule has 0 N–H and O–H groups in total. The minimum Gasteiger partial charge on any atom is -0.489 e. The molecule has 0 aromatic heterocycles. The number of hydrogen-bond donors (Lipinski definition) is 0. The maximum atomic E-state index is 5.91. The highest BCUT2D eigenvalue weighted by Crippen LogP contribution is 2.33. The molecule has 0 aliphatic heterocycles. The average Bonchev–Trinajstić information content (AvgIpc) is 2.83. The number of unbranched alkanes of at least 4 members (excludes halogenated alkanes) is 1. The number of rotatable bonds is 8. The summed E-state index contributed by atoms with van der Waals surface area (Å²) >= 11 is 0. The summed E-state index contributed by atoms with van der Waals surface area (Å²) in [6, 6.07) is 27.8. The molecule has 1 aliphatic carbocycles. The quantitative estimate of drug-likeness (QED) is 0.372. The van der Waals surface area contributed by atoms with Crippen molar-refractivity contribution in [1.29, 1.82) is 0 Å². The Kier molecular flexibility index (Phi) is 7.03. The van der Waals surface area contributed by atoms with Crippen LogP contribution in [0.4, 0.5) is 0 Å². The van der Waals surface area contributed by atoms with E-state index in [9.17, 15) is 0 Å². The van der Waals surface area contributed by atoms with E-state index in [2.05, 4.69) is 73.7 Å². The van der Waals surface area contributed by atoms with Gasteiger partial charge in [0, 0.05) is 0 Å². The minimum atomic E-state index is 0.600. The summed E-state index contributed by atoms with van der Waals surface area (Å²) in [6.45, 7) is 2.89. The maximum absolute atomic E-state index is 5.91. The summed E-state index contributed by atoms with van der Waals surface area (Å²) in [5.74, 6) is 1.81. The number of allylic oxidation sites excluding steroid dienone is 2. The highest BCUT2D eigenvalue weighted by atomic mass is 16.5. The molecule has 1 heteroatoms. The van der Waals surface area contributed by atoms with E-state index < -0.39 is 0 Å². The van der Waals surface area contributed by atoms with Crippen molar-refractivity contribution >= 4 is 5.57 Å². The van der Waals surface area contributed by atoms with Crippen LogP contribution in [0.5, 0.6) is 5.75 Å². The highest BCUT2D eigenvalue weighted by Gasteiger charge is 2.15. The summed E-state index contributed by atoms with van der Waals surface area (Å²) in [6.07, 6.45) is 10.4. The van der Waals surface area contributed by atoms with Gasteiger partial charge in [-0.2, -0.15) is 0 Å². The normalized spacial score (nSPS) is 16.2. The van der Waals surface area contributed by atoms with Gasteiger partial charge in [0.25, 0.3) is 0 Å².